The lowest BCUT2D eigenvalue weighted by molar-refractivity contribution is -0.150. The zero-order valence-electron chi connectivity index (χ0n) is 21.5. The molecule has 1 aromatic heterocycles. The van der Waals surface area contributed by atoms with E-state index in [1.165, 1.54) is 29.1 Å². The number of amides is 2. The maximum atomic E-state index is 13.1. The molecule has 220 valence electrons. The number of rotatable bonds is 9. The van der Waals surface area contributed by atoms with Gasteiger partial charge in [0.2, 0.25) is 6.10 Å². The van der Waals surface area contributed by atoms with Crippen molar-refractivity contribution < 1.29 is 34.2 Å². The first-order chi connectivity index (χ1) is 19.3. The number of carbonyl (C=O) groups is 4. The molecule has 0 aromatic carbocycles. The van der Waals surface area contributed by atoms with Crippen LogP contribution in [0.1, 0.15) is 19.5 Å². The van der Waals surface area contributed by atoms with Crippen LogP contribution in [0, 0.1) is 11.3 Å². The number of aliphatic imine (C=N–C) groups is 1. The Hall–Kier alpha value is -3.72. The zero-order chi connectivity index (χ0) is 30.2. The summed E-state index contributed by atoms with van der Waals surface area (Å²) in [6, 6.07) is -1.10. The number of nitrogens with one attached hydrogen (secondary N) is 2. The minimum absolute atomic E-state index is 0.00900. The van der Waals surface area contributed by atoms with Crippen LogP contribution in [0.4, 0.5) is 5.13 Å². The van der Waals surface area contributed by atoms with Crippen molar-refractivity contribution >= 4 is 80.5 Å². The van der Waals surface area contributed by atoms with Gasteiger partial charge in [0.15, 0.2) is 16.0 Å². The molecule has 4 heterocycles. The lowest BCUT2D eigenvalue weighted by Crippen LogP contribution is -2.71. The number of carbonyl (C=O) groups excluding carboxylic acids is 2. The Bertz CT molecular complexity index is 1400. The SMILES string of the molecule is CC1C(=N)N=C(SCC2=C(C(=O)O)N3C(=O)C(NC(=O)C(=NO[C@@H](C)C(=O)O)c4csc(N)n4)[C@@H]3SC2)N(N)C1N. The first-order valence-electron chi connectivity index (χ1n) is 11.8. The van der Waals surface area contributed by atoms with Gasteiger partial charge in [0.25, 0.3) is 11.8 Å². The van der Waals surface area contributed by atoms with Gasteiger partial charge in [0.1, 0.15) is 34.8 Å². The van der Waals surface area contributed by atoms with Crippen LogP contribution in [0.2, 0.25) is 0 Å². The van der Waals surface area contributed by atoms with Crippen LogP contribution in [0.25, 0.3) is 0 Å². The highest BCUT2D eigenvalue weighted by molar-refractivity contribution is 8.14. The first-order valence-corrected chi connectivity index (χ1v) is 14.7. The minimum atomic E-state index is -1.38. The number of amidine groups is 2. The summed E-state index contributed by atoms with van der Waals surface area (Å²) in [7, 11) is 0. The fraction of sp³-hybridized carbons (Fsp3) is 0.429. The van der Waals surface area contributed by atoms with E-state index in [0.717, 1.165) is 28.0 Å². The molecule has 0 aliphatic carbocycles. The van der Waals surface area contributed by atoms with Gasteiger partial charge in [0.05, 0.1) is 5.92 Å². The van der Waals surface area contributed by atoms with Crippen molar-refractivity contribution in [1.82, 2.24) is 20.2 Å². The van der Waals surface area contributed by atoms with Gasteiger partial charge in [-0.25, -0.2) is 25.4 Å². The number of hydrogen-bond donors (Lipinski definition) is 7. The van der Waals surface area contributed by atoms with Crippen LogP contribution in [0.3, 0.4) is 0 Å². The maximum Gasteiger partial charge on any atom is 0.352 e. The smallest absolute Gasteiger partial charge is 0.352 e. The van der Waals surface area contributed by atoms with Gasteiger partial charge in [-0.3, -0.25) is 24.9 Å². The largest absolute Gasteiger partial charge is 0.478 e. The average molecular weight is 627 g/mol. The highest BCUT2D eigenvalue weighted by Crippen LogP contribution is 2.41. The van der Waals surface area contributed by atoms with E-state index in [4.69, 9.17) is 32.7 Å². The zero-order valence-corrected chi connectivity index (χ0v) is 24.0. The molecule has 4 rings (SSSR count). The number of aromatic nitrogens is 1. The Labute approximate surface area is 244 Å². The van der Waals surface area contributed by atoms with Crippen molar-refractivity contribution in [2.45, 2.75) is 37.5 Å². The molecule has 3 aliphatic heterocycles. The lowest BCUT2D eigenvalue weighted by atomic mass is 10.0. The Morgan fingerprint density at radius 3 is 2.71 bits per heavy atom. The monoisotopic (exact) mass is 626 g/mol. The predicted molar refractivity (Wildman–Crippen MR) is 152 cm³/mol. The van der Waals surface area contributed by atoms with Crippen molar-refractivity contribution in [3.8, 4) is 0 Å². The van der Waals surface area contributed by atoms with Crippen molar-refractivity contribution in [3.05, 3.63) is 22.3 Å². The van der Waals surface area contributed by atoms with E-state index in [1.807, 2.05) is 0 Å². The number of thioether (sulfide) groups is 2. The van der Waals surface area contributed by atoms with Crippen LogP contribution < -0.4 is 22.6 Å². The van der Waals surface area contributed by atoms with Gasteiger partial charge < -0.3 is 31.8 Å². The van der Waals surface area contributed by atoms with Crippen LogP contribution in [-0.4, -0.2) is 101 Å². The van der Waals surface area contributed by atoms with Crippen LogP contribution in [0.15, 0.2) is 26.8 Å². The van der Waals surface area contributed by atoms with Crippen LogP contribution in [0.5, 0.6) is 0 Å². The number of fused-ring (bicyclic) bond motifs is 1. The molecule has 0 radical (unpaired) electrons. The normalized spacial score (nSPS) is 25.3. The second-order valence-electron chi connectivity index (χ2n) is 8.97. The summed E-state index contributed by atoms with van der Waals surface area (Å²) >= 11 is 3.35. The topological polar surface area (TPSA) is 276 Å². The van der Waals surface area contributed by atoms with Gasteiger partial charge in [0, 0.05) is 16.9 Å². The van der Waals surface area contributed by atoms with Crippen molar-refractivity contribution in [1.29, 1.82) is 5.41 Å². The fourth-order valence-electron chi connectivity index (χ4n) is 3.83. The van der Waals surface area contributed by atoms with E-state index >= 15 is 0 Å². The van der Waals surface area contributed by atoms with E-state index in [9.17, 15) is 24.3 Å². The van der Waals surface area contributed by atoms with Crippen LogP contribution in [-0.2, 0) is 24.0 Å². The highest BCUT2D eigenvalue weighted by atomic mass is 32.2. The number of anilines is 1. The lowest BCUT2D eigenvalue weighted by Gasteiger charge is -2.49. The number of nitrogens with two attached hydrogens (primary N) is 3. The molecule has 0 spiro atoms. The molecule has 41 heavy (non-hydrogen) atoms. The Kier molecular flexibility index (Phi) is 8.87. The third-order valence-corrected chi connectivity index (χ3v) is 9.31. The molecule has 5 atom stereocenters. The Balaban J connectivity index is 1.50. The van der Waals surface area contributed by atoms with Gasteiger partial charge in [-0.15, -0.1) is 23.1 Å². The summed E-state index contributed by atoms with van der Waals surface area (Å²) in [6.07, 6.45) is -2.05. The van der Waals surface area contributed by atoms with E-state index in [0.29, 0.717) is 5.57 Å². The standard InChI is InChI=1S/C21H26N10O7S3/c1-6-13(22)28-21(31(25)14(6)23)41-4-8-3-39-17-11(16(33)30(17)12(8)19(36)37)27-15(32)10(9-5-40-20(24)26-9)29-38-7(2)18(34)35/h5-7,11,14,17,22H,3-4,23,25H2,1-2H3,(H2,24,26)(H,27,32)(H,34,35)(H,36,37)/t6?,7-,11?,14?,17-/m0/s1. The molecule has 3 unspecified atom stereocenters. The first kappa shape index (κ1) is 30.2. The number of nitrogens with zero attached hydrogens (tertiary/aromatic N) is 5. The Morgan fingerprint density at radius 2 is 2.10 bits per heavy atom. The molecule has 3 aliphatic rings. The van der Waals surface area contributed by atoms with Gasteiger partial charge in [-0.1, -0.05) is 23.8 Å². The van der Waals surface area contributed by atoms with Gasteiger partial charge in [-0.2, -0.15) is 0 Å². The molecule has 0 saturated carbocycles. The molecule has 20 heteroatoms. The summed E-state index contributed by atoms with van der Waals surface area (Å²) < 4.78 is 0. The number of nitrogen functional groups attached to an aromatic ring is 1. The second-order valence-corrected chi connectivity index (χ2v) is 11.9. The summed E-state index contributed by atoms with van der Waals surface area (Å²) in [5, 5.41) is 35.4. The number of thiazole rings is 1. The second kappa shape index (κ2) is 12.0. The van der Waals surface area contributed by atoms with E-state index < -0.39 is 53.2 Å². The third kappa shape index (κ3) is 6.00. The fourth-order valence-corrected chi connectivity index (χ4v) is 6.83. The average Bonchev–Trinajstić information content (AvgIpc) is 3.36. The quantitative estimate of drug-likeness (QED) is 0.0737. The number of β-lactam (4-membered cyclic amide) rings is 1. The van der Waals surface area contributed by atoms with Crippen LogP contribution >= 0.6 is 34.9 Å². The predicted octanol–water partition coefficient (Wildman–Crippen LogP) is -1.17. The molecule has 0 bridgehead atoms. The van der Waals surface area contributed by atoms with E-state index in [2.05, 4.69) is 20.4 Å². The number of carboxylic acids is 2. The molecular formula is C21H26N10O7S3. The summed E-state index contributed by atoms with van der Waals surface area (Å²) in [4.78, 5) is 63.6. The number of oxime groups is 1. The minimum Gasteiger partial charge on any atom is -0.478 e. The molecule has 10 N–H and O–H groups in total. The van der Waals surface area contributed by atoms with Gasteiger partial charge in [-0.05, 0) is 12.5 Å². The molecule has 1 saturated heterocycles. The van der Waals surface area contributed by atoms with Gasteiger partial charge >= 0.3 is 11.9 Å². The summed E-state index contributed by atoms with van der Waals surface area (Å²) in [6.45, 7) is 2.93. The molecule has 2 amide bonds. The van der Waals surface area contributed by atoms with Crippen molar-refractivity contribution in [3.63, 3.8) is 0 Å². The third-order valence-electron chi connectivity index (χ3n) is 6.24. The number of hydrazine groups is 1. The Morgan fingerprint density at radius 1 is 1.39 bits per heavy atom. The van der Waals surface area contributed by atoms with E-state index in [-0.39, 0.29) is 44.9 Å². The number of hydrogen-bond acceptors (Lipinski definition) is 15. The maximum absolute atomic E-state index is 13.1. The molecule has 1 aromatic rings. The molecular weight excluding hydrogens is 600 g/mol. The van der Waals surface area contributed by atoms with Crippen molar-refractivity contribution in [2.24, 2.45) is 27.6 Å². The van der Waals surface area contributed by atoms with Crippen molar-refractivity contribution in [2.75, 3.05) is 17.2 Å². The van der Waals surface area contributed by atoms with E-state index in [1.54, 1.807) is 6.92 Å². The summed E-state index contributed by atoms with van der Waals surface area (Å²) in [5.74, 6) is 1.81. The number of aliphatic carboxylic acids is 2. The highest BCUT2D eigenvalue weighted by Gasteiger charge is 2.54. The molecule has 1 fully saturated rings. The number of carboxylic acid groups (broad SMARTS) is 2. The summed E-state index contributed by atoms with van der Waals surface area (Å²) in [5.41, 5.74) is 11.5. The molecule has 17 nitrogen and oxygen atoms in total.